The second-order valence-electron chi connectivity index (χ2n) is 10.5. The van der Waals surface area contributed by atoms with Crippen molar-refractivity contribution >= 4 is 17.5 Å². The third kappa shape index (κ3) is 5.46. The molecule has 3 fully saturated rings. The van der Waals surface area contributed by atoms with E-state index in [-0.39, 0.29) is 40.9 Å². The number of nitrogens with zero attached hydrogens (tertiary/aromatic N) is 3. The summed E-state index contributed by atoms with van der Waals surface area (Å²) < 4.78 is 50.8. The van der Waals surface area contributed by atoms with Crippen molar-refractivity contribution in [2.45, 2.75) is 88.8 Å². The van der Waals surface area contributed by atoms with Gasteiger partial charge in [0.05, 0.1) is 12.3 Å². The first-order valence-corrected chi connectivity index (χ1v) is 12.4. The molecular weight excluding hydrogens is 475 g/mol. The molecule has 1 saturated carbocycles. The number of hydrogen-bond donors (Lipinski definition) is 3. The van der Waals surface area contributed by atoms with Crippen LogP contribution in [-0.2, 0) is 0 Å². The lowest BCUT2D eigenvalue weighted by Gasteiger charge is -2.42. The molecule has 1 aromatic carbocycles. The highest BCUT2D eigenvalue weighted by atomic mass is 19.3. The molecule has 3 aliphatic rings. The maximum atomic E-state index is 14.5. The highest BCUT2D eigenvalue weighted by molar-refractivity contribution is 5.60. The van der Waals surface area contributed by atoms with Crippen molar-refractivity contribution in [2.75, 3.05) is 17.2 Å². The molecule has 36 heavy (non-hydrogen) atoms. The number of ether oxygens (including phenoxy) is 2. The SMILES string of the molecule is CC1(C)CCC2CC(Nc3nc(Nc4ccc(OC5CC(O)C5)c(OC(F)F)c4)ncc3F)CCN21. The summed E-state index contributed by atoms with van der Waals surface area (Å²) in [6.07, 6.45) is 5.36. The molecule has 0 bridgehead atoms. The molecular formula is C25H32F3N5O3. The Morgan fingerprint density at radius 1 is 1.17 bits per heavy atom. The molecule has 0 spiro atoms. The summed E-state index contributed by atoms with van der Waals surface area (Å²) in [5, 5.41) is 15.6. The standard InChI is InChI=1S/C25H32F3N5O3/c1-25(2)7-5-16-9-15(6-8-33(16)25)30-22-19(26)13-29-24(32-22)31-14-3-4-20(21(10-14)36-23(27)28)35-18-11-17(34)12-18/h3-4,10,13,15-18,23,34H,5-9,11-12H2,1-2H3,(H2,29,30,31,32). The first-order chi connectivity index (χ1) is 17.2. The summed E-state index contributed by atoms with van der Waals surface area (Å²) in [4.78, 5) is 10.8. The van der Waals surface area contributed by atoms with Gasteiger partial charge in [0.15, 0.2) is 23.1 Å². The van der Waals surface area contributed by atoms with Crippen LogP contribution in [0.2, 0.25) is 0 Å². The van der Waals surface area contributed by atoms with Crippen molar-refractivity contribution in [3.05, 3.63) is 30.2 Å². The number of nitrogens with one attached hydrogen (secondary N) is 2. The van der Waals surface area contributed by atoms with Gasteiger partial charge in [0.25, 0.3) is 0 Å². The summed E-state index contributed by atoms with van der Waals surface area (Å²) in [5.74, 6) is -0.319. The Morgan fingerprint density at radius 3 is 2.72 bits per heavy atom. The predicted octanol–water partition coefficient (Wildman–Crippen LogP) is 4.68. The average molecular weight is 508 g/mol. The molecule has 2 saturated heterocycles. The Kier molecular flexibility index (Phi) is 6.86. The summed E-state index contributed by atoms with van der Waals surface area (Å²) in [5.41, 5.74) is 0.588. The van der Waals surface area contributed by atoms with E-state index in [0.29, 0.717) is 24.6 Å². The zero-order valence-electron chi connectivity index (χ0n) is 20.4. The normalized spacial score (nSPS) is 27.3. The molecule has 1 aromatic heterocycles. The number of alkyl halides is 2. The maximum Gasteiger partial charge on any atom is 0.387 e. The largest absolute Gasteiger partial charge is 0.486 e. The number of hydrogen-bond acceptors (Lipinski definition) is 8. The van der Waals surface area contributed by atoms with Crippen LogP contribution in [0, 0.1) is 5.82 Å². The molecule has 0 amide bonds. The number of fused-ring (bicyclic) bond motifs is 1. The lowest BCUT2D eigenvalue weighted by molar-refractivity contribution is -0.0557. The Hall–Kier alpha value is -2.79. The van der Waals surface area contributed by atoms with Crippen LogP contribution in [-0.4, -0.2) is 63.0 Å². The van der Waals surface area contributed by atoms with Gasteiger partial charge in [0, 0.05) is 48.8 Å². The molecule has 11 heteroatoms. The van der Waals surface area contributed by atoms with Gasteiger partial charge < -0.3 is 25.2 Å². The lowest BCUT2D eigenvalue weighted by Crippen LogP contribution is -2.50. The van der Waals surface area contributed by atoms with E-state index in [1.807, 2.05) is 0 Å². The lowest BCUT2D eigenvalue weighted by atomic mass is 9.92. The van der Waals surface area contributed by atoms with Crippen molar-refractivity contribution in [1.29, 1.82) is 0 Å². The number of anilines is 3. The number of aliphatic hydroxyl groups excluding tert-OH is 1. The number of piperidine rings is 1. The van der Waals surface area contributed by atoms with Gasteiger partial charge >= 0.3 is 6.61 Å². The number of benzene rings is 1. The summed E-state index contributed by atoms with van der Waals surface area (Å²) >= 11 is 0. The molecule has 3 N–H and O–H groups in total. The zero-order chi connectivity index (χ0) is 25.4. The maximum absolute atomic E-state index is 14.5. The predicted molar refractivity (Wildman–Crippen MR) is 128 cm³/mol. The molecule has 5 rings (SSSR count). The second kappa shape index (κ2) is 9.93. The first kappa shape index (κ1) is 24.9. The smallest absolute Gasteiger partial charge is 0.387 e. The van der Waals surface area contributed by atoms with Crippen LogP contribution < -0.4 is 20.1 Å². The second-order valence-corrected chi connectivity index (χ2v) is 10.5. The van der Waals surface area contributed by atoms with E-state index in [4.69, 9.17) is 4.74 Å². The van der Waals surface area contributed by atoms with E-state index < -0.39 is 18.5 Å². The van der Waals surface area contributed by atoms with Gasteiger partial charge in [0.2, 0.25) is 5.95 Å². The number of aliphatic hydroxyl groups is 1. The molecule has 2 unspecified atom stereocenters. The van der Waals surface area contributed by atoms with Crippen LogP contribution in [0.5, 0.6) is 11.5 Å². The highest BCUT2D eigenvalue weighted by Crippen LogP contribution is 2.39. The van der Waals surface area contributed by atoms with Gasteiger partial charge in [-0.2, -0.15) is 13.8 Å². The van der Waals surface area contributed by atoms with Crippen LogP contribution in [0.25, 0.3) is 0 Å². The fraction of sp³-hybridized carbons (Fsp3) is 0.600. The third-order valence-electron chi connectivity index (χ3n) is 7.45. The minimum Gasteiger partial charge on any atom is -0.486 e. The molecule has 1 aliphatic carbocycles. The minimum atomic E-state index is -3.04. The topological polar surface area (TPSA) is 91.8 Å². The van der Waals surface area contributed by atoms with Crippen LogP contribution in [0.1, 0.15) is 52.4 Å². The van der Waals surface area contributed by atoms with Crippen molar-refractivity contribution in [3.63, 3.8) is 0 Å². The first-order valence-electron chi connectivity index (χ1n) is 12.4. The van der Waals surface area contributed by atoms with Crippen LogP contribution in [0.3, 0.4) is 0 Å². The number of aromatic nitrogens is 2. The fourth-order valence-electron chi connectivity index (χ4n) is 5.45. The van der Waals surface area contributed by atoms with Crippen LogP contribution >= 0.6 is 0 Å². The van der Waals surface area contributed by atoms with Crippen molar-refractivity contribution < 1.29 is 27.8 Å². The monoisotopic (exact) mass is 507 g/mol. The van der Waals surface area contributed by atoms with Gasteiger partial charge in [-0.1, -0.05) is 0 Å². The number of rotatable bonds is 8. The number of halogens is 3. The molecule has 196 valence electrons. The van der Waals surface area contributed by atoms with Gasteiger partial charge in [-0.15, -0.1) is 0 Å². The summed E-state index contributed by atoms with van der Waals surface area (Å²) in [7, 11) is 0. The average Bonchev–Trinajstić information content (AvgIpc) is 3.10. The van der Waals surface area contributed by atoms with Gasteiger partial charge in [-0.05, 0) is 51.7 Å². The Morgan fingerprint density at radius 2 is 1.97 bits per heavy atom. The molecule has 3 heterocycles. The van der Waals surface area contributed by atoms with Gasteiger partial charge in [0.1, 0.15) is 6.10 Å². The molecule has 2 aromatic rings. The Bertz CT molecular complexity index is 1080. The Balaban J connectivity index is 1.26. The van der Waals surface area contributed by atoms with Crippen molar-refractivity contribution in [1.82, 2.24) is 14.9 Å². The fourth-order valence-corrected chi connectivity index (χ4v) is 5.45. The van der Waals surface area contributed by atoms with E-state index in [1.54, 1.807) is 6.07 Å². The molecule has 0 radical (unpaired) electrons. The van der Waals surface area contributed by atoms with Crippen LogP contribution in [0.4, 0.5) is 30.6 Å². The summed E-state index contributed by atoms with van der Waals surface area (Å²) in [6.45, 7) is 2.46. The Labute approximate surface area is 208 Å². The zero-order valence-corrected chi connectivity index (χ0v) is 20.4. The highest BCUT2D eigenvalue weighted by Gasteiger charge is 2.42. The van der Waals surface area contributed by atoms with E-state index >= 15 is 0 Å². The summed E-state index contributed by atoms with van der Waals surface area (Å²) in [6, 6.07) is 5.05. The van der Waals surface area contributed by atoms with Gasteiger partial charge in [-0.3, -0.25) is 4.90 Å². The minimum absolute atomic E-state index is 0.102. The van der Waals surface area contributed by atoms with E-state index in [1.165, 1.54) is 12.1 Å². The van der Waals surface area contributed by atoms with E-state index in [9.17, 15) is 18.3 Å². The van der Waals surface area contributed by atoms with E-state index in [0.717, 1.165) is 38.4 Å². The van der Waals surface area contributed by atoms with E-state index in [2.05, 4.69) is 44.1 Å². The third-order valence-corrected chi connectivity index (χ3v) is 7.45. The molecule has 2 atom stereocenters. The molecule has 8 nitrogen and oxygen atoms in total. The van der Waals surface area contributed by atoms with Crippen LogP contribution in [0.15, 0.2) is 24.4 Å². The quantitative estimate of drug-likeness (QED) is 0.475. The molecule has 2 aliphatic heterocycles. The van der Waals surface area contributed by atoms with Gasteiger partial charge in [-0.25, -0.2) is 9.37 Å². The van der Waals surface area contributed by atoms with Crippen molar-refractivity contribution in [3.8, 4) is 11.5 Å². The van der Waals surface area contributed by atoms with Crippen molar-refractivity contribution in [2.24, 2.45) is 0 Å².